The first-order valence-electron chi connectivity index (χ1n) is 9.69. The van der Waals surface area contributed by atoms with Crippen LogP contribution in [0.15, 0.2) is 78.2 Å². The summed E-state index contributed by atoms with van der Waals surface area (Å²) in [6.45, 7) is 0.652. The van der Waals surface area contributed by atoms with E-state index < -0.39 is 0 Å². The number of oxime groups is 1. The zero-order valence-corrected chi connectivity index (χ0v) is 17.6. The number of nitrogens with two attached hydrogens (primary N) is 1. The summed E-state index contributed by atoms with van der Waals surface area (Å²) in [6, 6.07) is 18.4. The fourth-order valence-electron chi connectivity index (χ4n) is 2.66. The minimum Gasteiger partial charge on any atom is -0.489 e. The van der Waals surface area contributed by atoms with Gasteiger partial charge in [0.15, 0.2) is 12.4 Å². The van der Waals surface area contributed by atoms with Crippen LogP contribution in [0.4, 0.5) is 0 Å². The summed E-state index contributed by atoms with van der Waals surface area (Å²) in [7, 11) is 0. The number of hydrogen-bond acceptors (Lipinski definition) is 5. The highest BCUT2D eigenvalue weighted by Gasteiger charge is 2.05. The maximum absolute atomic E-state index is 11.9. The number of halogens is 1. The van der Waals surface area contributed by atoms with Gasteiger partial charge in [-0.1, -0.05) is 47.1 Å². The zero-order valence-electron chi connectivity index (χ0n) is 16.8. The summed E-state index contributed by atoms with van der Waals surface area (Å²) < 4.78 is 5.75. The predicted octanol–water partition coefficient (Wildman–Crippen LogP) is 3.31. The molecule has 0 saturated carbocycles. The minimum absolute atomic E-state index is 0.154. The lowest BCUT2D eigenvalue weighted by atomic mass is 10.1. The van der Waals surface area contributed by atoms with E-state index in [-0.39, 0.29) is 18.3 Å². The van der Waals surface area contributed by atoms with Gasteiger partial charge in [0.05, 0.1) is 0 Å². The van der Waals surface area contributed by atoms with E-state index in [2.05, 4.69) is 15.5 Å². The number of nitrogens with one attached hydrogen (secondary N) is 1. The van der Waals surface area contributed by atoms with Crippen molar-refractivity contribution in [3.8, 4) is 5.75 Å². The van der Waals surface area contributed by atoms with E-state index >= 15 is 0 Å². The van der Waals surface area contributed by atoms with Crippen molar-refractivity contribution in [2.75, 3.05) is 13.2 Å². The number of carbonyl (C=O) groups excluding carboxylic acids is 1. The lowest BCUT2D eigenvalue weighted by Crippen LogP contribution is -2.29. The van der Waals surface area contributed by atoms with Crippen molar-refractivity contribution in [2.45, 2.75) is 13.0 Å². The van der Waals surface area contributed by atoms with E-state index in [1.807, 2.05) is 42.5 Å². The van der Waals surface area contributed by atoms with E-state index in [1.54, 1.807) is 30.6 Å². The molecule has 0 bridgehead atoms. The molecule has 1 heterocycles. The standard InChI is InChI=1S/C23H23ClN4O3/c24-20-8-6-17(7-9-20)10-12-27-22(29)16-31-28-23(25)19-4-1-5-21(13-19)30-15-18-3-2-11-26-14-18/h1-9,11,13-14H,10,12,15-16H2,(H2,25,28)(H,27,29). The average molecular weight is 439 g/mol. The van der Waals surface area contributed by atoms with Gasteiger partial charge in [-0.3, -0.25) is 9.78 Å². The van der Waals surface area contributed by atoms with Crippen LogP contribution in [0.25, 0.3) is 0 Å². The van der Waals surface area contributed by atoms with Crippen molar-refractivity contribution in [1.29, 1.82) is 0 Å². The number of aromatic nitrogens is 1. The number of hydrogen-bond donors (Lipinski definition) is 2. The summed E-state index contributed by atoms with van der Waals surface area (Å²) >= 11 is 5.85. The van der Waals surface area contributed by atoms with E-state index in [0.717, 1.165) is 11.1 Å². The van der Waals surface area contributed by atoms with Crippen molar-refractivity contribution in [2.24, 2.45) is 10.9 Å². The van der Waals surface area contributed by atoms with Crippen LogP contribution in [0, 0.1) is 0 Å². The van der Waals surface area contributed by atoms with Gasteiger partial charge in [0, 0.05) is 35.1 Å². The van der Waals surface area contributed by atoms with Crippen molar-refractivity contribution >= 4 is 23.3 Å². The monoisotopic (exact) mass is 438 g/mol. The molecule has 1 aromatic heterocycles. The number of amidine groups is 1. The SMILES string of the molecule is N/C(=N/OCC(=O)NCCc1ccc(Cl)cc1)c1cccc(OCc2cccnc2)c1. The summed E-state index contributed by atoms with van der Waals surface area (Å²) in [4.78, 5) is 21.0. The van der Waals surface area contributed by atoms with Gasteiger partial charge in [0.2, 0.25) is 0 Å². The van der Waals surface area contributed by atoms with Gasteiger partial charge in [0.1, 0.15) is 12.4 Å². The fraction of sp³-hybridized carbons (Fsp3) is 0.174. The molecule has 0 radical (unpaired) electrons. The van der Waals surface area contributed by atoms with Crippen LogP contribution in [-0.2, 0) is 22.7 Å². The zero-order chi connectivity index (χ0) is 21.9. The number of benzene rings is 2. The van der Waals surface area contributed by atoms with E-state index in [0.29, 0.717) is 35.9 Å². The summed E-state index contributed by atoms with van der Waals surface area (Å²) in [5, 5.41) is 7.27. The Balaban J connectivity index is 1.42. The lowest BCUT2D eigenvalue weighted by molar-refractivity contribution is -0.125. The third-order valence-electron chi connectivity index (χ3n) is 4.27. The maximum Gasteiger partial charge on any atom is 0.260 e. The molecule has 3 rings (SSSR count). The first kappa shape index (κ1) is 22.1. The van der Waals surface area contributed by atoms with Crippen LogP contribution < -0.4 is 15.8 Å². The molecule has 0 aliphatic rings. The Bertz CT molecular complexity index is 1010. The van der Waals surface area contributed by atoms with Gasteiger partial charge in [-0.05, 0) is 42.3 Å². The highest BCUT2D eigenvalue weighted by Crippen LogP contribution is 2.15. The van der Waals surface area contributed by atoms with Crippen LogP contribution >= 0.6 is 11.6 Å². The molecular formula is C23H23ClN4O3. The highest BCUT2D eigenvalue weighted by molar-refractivity contribution is 6.30. The third kappa shape index (κ3) is 7.64. The third-order valence-corrected chi connectivity index (χ3v) is 4.52. The van der Waals surface area contributed by atoms with Crippen molar-refractivity contribution in [3.05, 3.63) is 94.8 Å². The molecular weight excluding hydrogens is 416 g/mol. The largest absolute Gasteiger partial charge is 0.489 e. The van der Waals surface area contributed by atoms with Gasteiger partial charge in [0.25, 0.3) is 5.91 Å². The molecule has 1 amide bonds. The molecule has 0 fully saturated rings. The molecule has 7 nitrogen and oxygen atoms in total. The van der Waals surface area contributed by atoms with Gasteiger partial charge in [-0.2, -0.15) is 0 Å². The molecule has 3 N–H and O–H groups in total. The minimum atomic E-state index is -0.279. The number of rotatable bonds is 10. The molecule has 3 aromatic rings. The Kier molecular flexibility index (Phi) is 8.25. The fourth-order valence-corrected chi connectivity index (χ4v) is 2.78. The maximum atomic E-state index is 11.9. The van der Waals surface area contributed by atoms with Crippen LogP contribution in [0.3, 0.4) is 0 Å². The van der Waals surface area contributed by atoms with Crippen LogP contribution in [-0.4, -0.2) is 29.9 Å². The Morgan fingerprint density at radius 3 is 2.71 bits per heavy atom. The molecule has 8 heteroatoms. The van der Waals surface area contributed by atoms with E-state index in [9.17, 15) is 4.79 Å². The average Bonchev–Trinajstić information content (AvgIpc) is 2.80. The van der Waals surface area contributed by atoms with Crippen molar-refractivity contribution < 1.29 is 14.4 Å². The second-order valence-corrected chi connectivity index (χ2v) is 7.09. The van der Waals surface area contributed by atoms with Gasteiger partial charge >= 0.3 is 0 Å². The smallest absolute Gasteiger partial charge is 0.260 e. The van der Waals surface area contributed by atoms with E-state index in [1.165, 1.54) is 0 Å². The first-order chi connectivity index (χ1) is 15.1. The molecule has 0 unspecified atom stereocenters. The molecule has 0 saturated heterocycles. The van der Waals surface area contributed by atoms with Gasteiger partial charge in [-0.15, -0.1) is 0 Å². The number of pyridine rings is 1. The Morgan fingerprint density at radius 1 is 1.10 bits per heavy atom. The number of carbonyl (C=O) groups is 1. The van der Waals surface area contributed by atoms with Crippen LogP contribution in [0.1, 0.15) is 16.7 Å². The summed E-state index contributed by atoms with van der Waals surface area (Å²) in [6.07, 6.45) is 4.15. The first-order valence-corrected chi connectivity index (χ1v) is 10.1. The molecule has 2 aromatic carbocycles. The van der Waals surface area contributed by atoms with E-state index in [4.69, 9.17) is 26.9 Å². The Labute approximate surface area is 185 Å². The van der Waals surface area contributed by atoms with Crippen molar-refractivity contribution in [1.82, 2.24) is 10.3 Å². The number of nitrogens with zero attached hydrogens (tertiary/aromatic N) is 2. The normalized spacial score (nSPS) is 11.1. The summed E-state index contributed by atoms with van der Waals surface area (Å²) in [5.74, 6) is 0.513. The predicted molar refractivity (Wildman–Crippen MR) is 120 cm³/mol. The molecule has 0 atom stereocenters. The highest BCUT2D eigenvalue weighted by atomic mass is 35.5. The Morgan fingerprint density at radius 2 is 1.94 bits per heavy atom. The van der Waals surface area contributed by atoms with Crippen molar-refractivity contribution in [3.63, 3.8) is 0 Å². The molecule has 0 aliphatic heterocycles. The van der Waals surface area contributed by atoms with Crippen LogP contribution in [0.5, 0.6) is 5.75 Å². The van der Waals surface area contributed by atoms with Gasteiger partial charge < -0.3 is 20.6 Å². The molecule has 31 heavy (non-hydrogen) atoms. The molecule has 0 spiro atoms. The Hall–Kier alpha value is -3.58. The number of ether oxygens (including phenoxy) is 1. The second-order valence-electron chi connectivity index (χ2n) is 6.65. The molecule has 0 aliphatic carbocycles. The number of amides is 1. The quantitative estimate of drug-likeness (QED) is 0.287. The lowest BCUT2D eigenvalue weighted by Gasteiger charge is -2.08. The topological polar surface area (TPSA) is 98.8 Å². The second kappa shape index (κ2) is 11.6. The summed E-state index contributed by atoms with van der Waals surface area (Å²) in [5.41, 5.74) is 8.63. The van der Waals surface area contributed by atoms with Gasteiger partial charge in [-0.25, -0.2) is 0 Å². The van der Waals surface area contributed by atoms with Crippen LogP contribution in [0.2, 0.25) is 5.02 Å². The molecule has 160 valence electrons.